The molecule has 0 unspecified atom stereocenters. The number of nitrogens with two attached hydrogens (primary N) is 1. The Bertz CT molecular complexity index is 1080. The van der Waals surface area contributed by atoms with Crippen LogP contribution in [0.4, 0.5) is 0 Å². The molecule has 3 N–H and O–H groups in total. The minimum atomic E-state index is -0.757. The van der Waals surface area contributed by atoms with Gasteiger partial charge in [-0.15, -0.1) is 0 Å². The standard InChI is InChI=1S/C22H20N2O6/c1-27-17-8-12(9-18(28-2)21(17)26)19-13(10-23)22(24)30-16-7-11(6-14(25)20(16)19)15-4-3-5-29-15/h3-5,8-9,11,19,26H,6-7,24H2,1-2H3/t11-,19+/m1/s1. The second kappa shape index (κ2) is 7.52. The van der Waals surface area contributed by atoms with E-state index in [1.165, 1.54) is 14.2 Å². The van der Waals surface area contributed by atoms with E-state index in [4.69, 9.17) is 24.4 Å². The van der Waals surface area contributed by atoms with Gasteiger partial charge in [-0.25, -0.2) is 0 Å². The number of nitrogens with zero attached hydrogens (tertiary/aromatic N) is 1. The first-order valence-electron chi connectivity index (χ1n) is 9.30. The molecule has 0 radical (unpaired) electrons. The molecule has 30 heavy (non-hydrogen) atoms. The van der Waals surface area contributed by atoms with Crippen LogP contribution in [0.2, 0.25) is 0 Å². The molecule has 8 heteroatoms. The topological polar surface area (TPSA) is 128 Å². The summed E-state index contributed by atoms with van der Waals surface area (Å²) < 4.78 is 21.7. The van der Waals surface area contributed by atoms with Gasteiger partial charge in [0.05, 0.1) is 26.4 Å². The van der Waals surface area contributed by atoms with Crippen LogP contribution >= 0.6 is 0 Å². The fourth-order valence-electron chi connectivity index (χ4n) is 4.05. The number of carbonyl (C=O) groups is 1. The van der Waals surface area contributed by atoms with E-state index in [0.717, 1.165) is 0 Å². The number of rotatable bonds is 4. The molecular formula is C22H20N2O6. The van der Waals surface area contributed by atoms with E-state index in [0.29, 0.717) is 29.1 Å². The van der Waals surface area contributed by atoms with E-state index in [9.17, 15) is 15.2 Å². The second-order valence-electron chi connectivity index (χ2n) is 7.08. The maximum Gasteiger partial charge on any atom is 0.205 e. The highest BCUT2D eigenvalue weighted by atomic mass is 16.5. The molecule has 154 valence electrons. The first-order valence-corrected chi connectivity index (χ1v) is 9.30. The average Bonchev–Trinajstić information content (AvgIpc) is 3.28. The molecule has 0 saturated heterocycles. The first-order chi connectivity index (χ1) is 14.5. The average molecular weight is 408 g/mol. The van der Waals surface area contributed by atoms with Crippen LogP contribution in [0.15, 0.2) is 57.7 Å². The number of phenols is 1. The fourth-order valence-corrected chi connectivity index (χ4v) is 4.05. The van der Waals surface area contributed by atoms with Crippen molar-refractivity contribution in [2.24, 2.45) is 5.73 Å². The van der Waals surface area contributed by atoms with Crippen molar-refractivity contribution in [3.05, 3.63) is 64.6 Å². The summed E-state index contributed by atoms with van der Waals surface area (Å²) in [4.78, 5) is 13.2. The van der Waals surface area contributed by atoms with Crippen LogP contribution in [0.1, 0.15) is 36.0 Å². The zero-order chi connectivity index (χ0) is 21.4. The van der Waals surface area contributed by atoms with E-state index in [1.54, 1.807) is 24.5 Å². The Morgan fingerprint density at radius 2 is 1.93 bits per heavy atom. The van der Waals surface area contributed by atoms with Crippen LogP contribution in [0.25, 0.3) is 0 Å². The maximum absolute atomic E-state index is 13.2. The summed E-state index contributed by atoms with van der Waals surface area (Å²) in [5.74, 6) is 0.106. The third kappa shape index (κ3) is 3.05. The van der Waals surface area contributed by atoms with Crippen LogP contribution in [0.3, 0.4) is 0 Å². The molecule has 1 aliphatic heterocycles. The Morgan fingerprint density at radius 1 is 1.23 bits per heavy atom. The molecule has 8 nitrogen and oxygen atoms in total. The number of carbonyl (C=O) groups excluding carboxylic acids is 1. The number of aromatic hydroxyl groups is 1. The van der Waals surface area contributed by atoms with Crippen molar-refractivity contribution in [2.45, 2.75) is 24.7 Å². The van der Waals surface area contributed by atoms with Gasteiger partial charge in [0.2, 0.25) is 11.6 Å². The third-order valence-electron chi connectivity index (χ3n) is 5.44. The van der Waals surface area contributed by atoms with Gasteiger partial charge in [0, 0.05) is 24.3 Å². The number of hydrogen-bond acceptors (Lipinski definition) is 8. The Balaban J connectivity index is 1.86. The summed E-state index contributed by atoms with van der Waals surface area (Å²) in [6, 6.07) is 8.78. The van der Waals surface area contributed by atoms with E-state index < -0.39 is 5.92 Å². The number of benzene rings is 1. The minimum absolute atomic E-state index is 0.0554. The van der Waals surface area contributed by atoms with Crippen molar-refractivity contribution < 1.29 is 28.5 Å². The summed E-state index contributed by atoms with van der Waals surface area (Å²) in [7, 11) is 2.81. The Labute approximate surface area is 172 Å². The Morgan fingerprint density at radius 3 is 2.50 bits per heavy atom. The van der Waals surface area contributed by atoms with Crippen molar-refractivity contribution in [3.63, 3.8) is 0 Å². The smallest absolute Gasteiger partial charge is 0.205 e. The van der Waals surface area contributed by atoms with E-state index in [-0.39, 0.29) is 46.8 Å². The van der Waals surface area contributed by atoms with Crippen molar-refractivity contribution in [2.75, 3.05) is 14.2 Å². The molecule has 2 aromatic rings. The lowest BCUT2D eigenvalue weighted by Crippen LogP contribution is -2.29. The van der Waals surface area contributed by atoms with E-state index in [1.807, 2.05) is 6.07 Å². The van der Waals surface area contributed by atoms with Crippen LogP contribution in [-0.4, -0.2) is 25.1 Å². The number of phenolic OH excluding ortho intramolecular Hbond substituents is 1. The largest absolute Gasteiger partial charge is 0.502 e. The van der Waals surface area contributed by atoms with Crippen molar-refractivity contribution in [3.8, 4) is 23.3 Å². The molecule has 2 heterocycles. The highest BCUT2D eigenvalue weighted by molar-refractivity contribution is 6.00. The summed E-state index contributed by atoms with van der Waals surface area (Å²) >= 11 is 0. The summed E-state index contributed by atoms with van der Waals surface area (Å²) in [5.41, 5.74) is 7.08. The number of methoxy groups -OCH3 is 2. The number of nitriles is 1. The monoisotopic (exact) mass is 408 g/mol. The summed E-state index contributed by atoms with van der Waals surface area (Å²) in [5, 5.41) is 20.0. The number of ether oxygens (including phenoxy) is 3. The third-order valence-corrected chi connectivity index (χ3v) is 5.44. The number of furan rings is 1. The minimum Gasteiger partial charge on any atom is -0.502 e. The predicted molar refractivity (Wildman–Crippen MR) is 105 cm³/mol. The van der Waals surface area contributed by atoms with Crippen LogP contribution in [0, 0.1) is 11.3 Å². The normalized spacial score (nSPS) is 21.0. The highest BCUT2D eigenvalue weighted by Gasteiger charge is 2.42. The number of ketones is 1. The van der Waals surface area contributed by atoms with Gasteiger partial charge >= 0.3 is 0 Å². The number of allylic oxidation sites excluding steroid dienone is 3. The van der Waals surface area contributed by atoms with Gasteiger partial charge < -0.3 is 29.5 Å². The quantitative estimate of drug-likeness (QED) is 0.789. The van der Waals surface area contributed by atoms with Gasteiger partial charge in [0.25, 0.3) is 0 Å². The van der Waals surface area contributed by atoms with Gasteiger partial charge in [-0.2, -0.15) is 5.26 Å². The fraction of sp³-hybridized carbons (Fsp3) is 0.273. The first kappa shape index (κ1) is 19.5. The van der Waals surface area contributed by atoms with Crippen LogP contribution < -0.4 is 15.2 Å². The molecule has 0 fully saturated rings. The molecule has 2 atom stereocenters. The second-order valence-corrected chi connectivity index (χ2v) is 7.08. The van der Waals surface area contributed by atoms with E-state index in [2.05, 4.69) is 6.07 Å². The SMILES string of the molecule is COc1cc([C@H]2C(C#N)=C(N)OC3=C2C(=O)C[C@@H](c2ccco2)C3)cc(OC)c1O. The summed E-state index contributed by atoms with van der Waals surface area (Å²) in [6.45, 7) is 0. The predicted octanol–water partition coefficient (Wildman–Crippen LogP) is 3.21. The van der Waals surface area contributed by atoms with E-state index >= 15 is 0 Å². The van der Waals surface area contributed by atoms with Gasteiger partial charge in [0.15, 0.2) is 17.3 Å². The Kier molecular flexibility index (Phi) is 4.88. The lowest BCUT2D eigenvalue weighted by molar-refractivity contribution is -0.117. The molecular weight excluding hydrogens is 388 g/mol. The number of hydrogen-bond donors (Lipinski definition) is 2. The molecule has 1 aromatic heterocycles. The zero-order valence-electron chi connectivity index (χ0n) is 16.5. The van der Waals surface area contributed by atoms with Gasteiger partial charge in [-0.05, 0) is 29.8 Å². The maximum atomic E-state index is 13.2. The lowest BCUT2D eigenvalue weighted by atomic mass is 9.74. The van der Waals surface area contributed by atoms with Crippen LogP contribution in [-0.2, 0) is 9.53 Å². The molecule has 4 rings (SSSR count). The zero-order valence-corrected chi connectivity index (χ0v) is 16.5. The van der Waals surface area contributed by atoms with Gasteiger partial charge in [-0.1, -0.05) is 0 Å². The van der Waals surface area contributed by atoms with Crippen molar-refractivity contribution in [1.29, 1.82) is 5.26 Å². The van der Waals surface area contributed by atoms with Crippen molar-refractivity contribution >= 4 is 5.78 Å². The molecule has 0 amide bonds. The van der Waals surface area contributed by atoms with Gasteiger partial charge in [0.1, 0.15) is 23.2 Å². The number of Topliss-reactive ketones (excluding diaryl/α,β-unsaturated/α-hetero) is 1. The highest BCUT2D eigenvalue weighted by Crippen LogP contribution is 2.49. The molecule has 0 spiro atoms. The molecule has 1 aromatic carbocycles. The molecule has 0 bridgehead atoms. The van der Waals surface area contributed by atoms with Crippen LogP contribution in [0.5, 0.6) is 17.2 Å². The summed E-state index contributed by atoms with van der Waals surface area (Å²) in [6.07, 6.45) is 2.19. The van der Waals surface area contributed by atoms with Gasteiger partial charge in [-0.3, -0.25) is 4.79 Å². The molecule has 0 saturated carbocycles. The molecule has 2 aliphatic rings. The van der Waals surface area contributed by atoms with Crippen molar-refractivity contribution in [1.82, 2.24) is 0 Å². The molecule has 1 aliphatic carbocycles. The Hall–Kier alpha value is -3.86. The lowest BCUT2D eigenvalue weighted by Gasteiger charge is -2.33.